The van der Waals surface area contributed by atoms with E-state index in [9.17, 15) is 9.59 Å². The van der Waals surface area contributed by atoms with Crippen molar-refractivity contribution < 1.29 is 14.3 Å². The predicted octanol–water partition coefficient (Wildman–Crippen LogP) is 2.70. The molecule has 0 saturated heterocycles. The van der Waals surface area contributed by atoms with E-state index in [-0.39, 0.29) is 11.8 Å². The van der Waals surface area contributed by atoms with Crippen LogP contribution in [0, 0.1) is 5.92 Å². The summed E-state index contributed by atoms with van der Waals surface area (Å²) in [5.41, 5.74) is 0.966. The molecular weight excluding hydrogens is 322 g/mol. The number of benzene rings is 1. The molecule has 0 heterocycles. The minimum Gasteiger partial charge on any atom is -0.467 e. The molecule has 0 bridgehead atoms. The predicted molar refractivity (Wildman–Crippen MR) is 81.2 cm³/mol. The molecule has 110 valence electrons. The summed E-state index contributed by atoms with van der Waals surface area (Å²) in [6.07, 6.45) is 0.817. The highest BCUT2D eigenvalue weighted by Gasteiger charge is 2.22. The van der Waals surface area contributed by atoms with Gasteiger partial charge in [-0.2, -0.15) is 0 Å². The average Bonchev–Trinajstić information content (AvgIpc) is 2.38. The molecule has 1 N–H and O–H groups in total. The molecule has 5 heteroatoms. The summed E-state index contributed by atoms with van der Waals surface area (Å²) >= 11 is 3.36. The summed E-state index contributed by atoms with van der Waals surface area (Å²) in [6, 6.07) is 6.98. The number of ether oxygens (including phenoxy) is 1. The molecule has 0 saturated carbocycles. The SMILES string of the molecule is COC(=O)[C@H](Cc1ccc(Br)cc1)NC(=O)CC(C)C. The summed E-state index contributed by atoms with van der Waals surface area (Å²) in [5.74, 6) is -0.307. The Balaban J connectivity index is 2.72. The fourth-order valence-corrected chi connectivity index (χ4v) is 2.08. The number of amides is 1. The molecule has 0 aliphatic heterocycles. The van der Waals surface area contributed by atoms with Crippen LogP contribution < -0.4 is 5.32 Å². The first kappa shape index (κ1) is 16.7. The third-order valence-electron chi connectivity index (χ3n) is 2.77. The van der Waals surface area contributed by atoms with E-state index < -0.39 is 12.0 Å². The largest absolute Gasteiger partial charge is 0.467 e. The molecule has 1 aromatic rings. The van der Waals surface area contributed by atoms with Crippen LogP contribution in [-0.4, -0.2) is 25.0 Å². The van der Waals surface area contributed by atoms with Gasteiger partial charge in [-0.3, -0.25) is 4.79 Å². The molecule has 0 unspecified atom stereocenters. The molecule has 20 heavy (non-hydrogen) atoms. The van der Waals surface area contributed by atoms with Crippen molar-refractivity contribution in [2.24, 2.45) is 5.92 Å². The molecule has 0 fully saturated rings. The van der Waals surface area contributed by atoms with E-state index in [2.05, 4.69) is 21.2 Å². The molecule has 0 aliphatic carbocycles. The molecule has 0 radical (unpaired) electrons. The fraction of sp³-hybridized carbons (Fsp3) is 0.467. The Morgan fingerprint density at radius 2 is 1.85 bits per heavy atom. The first-order valence-corrected chi connectivity index (χ1v) is 7.33. The average molecular weight is 342 g/mol. The first-order valence-electron chi connectivity index (χ1n) is 6.54. The van der Waals surface area contributed by atoms with Gasteiger partial charge in [-0.1, -0.05) is 41.9 Å². The highest BCUT2D eigenvalue weighted by Crippen LogP contribution is 2.12. The summed E-state index contributed by atoms with van der Waals surface area (Å²) in [4.78, 5) is 23.6. The zero-order chi connectivity index (χ0) is 15.1. The van der Waals surface area contributed by atoms with Crippen molar-refractivity contribution in [2.75, 3.05) is 7.11 Å². The Labute approximate surface area is 128 Å². The van der Waals surface area contributed by atoms with Gasteiger partial charge in [0, 0.05) is 17.3 Å². The van der Waals surface area contributed by atoms with Crippen LogP contribution in [-0.2, 0) is 20.7 Å². The molecule has 0 aliphatic rings. The van der Waals surface area contributed by atoms with Crippen molar-refractivity contribution in [1.29, 1.82) is 0 Å². The summed E-state index contributed by atoms with van der Waals surface area (Å²) in [6.45, 7) is 3.92. The fourth-order valence-electron chi connectivity index (χ4n) is 1.82. The van der Waals surface area contributed by atoms with Crippen molar-refractivity contribution in [3.8, 4) is 0 Å². The first-order chi connectivity index (χ1) is 9.42. The van der Waals surface area contributed by atoms with Gasteiger partial charge in [0.2, 0.25) is 5.91 Å². The van der Waals surface area contributed by atoms with Gasteiger partial charge in [0.25, 0.3) is 0 Å². The van der Waals surface area contributed by atoms with Crippen LogP contribution in [0.25, 0.3) is 0 Å². The normalized spacial score (nSPS) is 12.1. The number of nitrogens with one attached hydrogen (secondary N) is 1. The quantitative estimate of drug-likeness (QED) is 0.809. The number of methoxy groups -OCH3 is 1. The van der Waals surface area contributed by atoms with Crippen molar-refractivity contribution in [2.45, 2.75) is 32.7 Å². The monoisotopic (exact) mass is 341 g/mol. The lowest BCUT2D eigenvalue weighted by Gasteiger charge is -2.17. The molecule has 1 rings (SSSR count). The standard InChI is InChI=1S/C15H20BrNO3/c1-10(2)8-14(18)17-13(15(19)20-3)9-11-4-6-12(16)7-5-11/h4-7,10,13H,8-9H2,1-3H3,(H,17,18)/t13-/m0/s1. The maximum Gasteiger partial charge on any atom is 0.328 e. The Morgan fingerprint density at radius 3 is 2.35 bits per heavy atom. The van der Waals surface area contributed by atoms with E-state index >= 15 is 0 Å². The van der Waals surface area contributed by atoms with Gasteiger partial charge in [-0.05, 0) is 23.6 Å². The van der Waals surface area contributed by atoms with Crippen molar-refractivity contribution in [1.82, 2.24) is 5.32 Å². The Kier molecular flexibility index (Phi) is 6.71. The van der Waals surface area contributed by atoms with Crippen molar-refractivity contribution in [3.63, 3.8) is 0 Å². The Bertz CT molecular complexity index is 457. The molecule has 4 nitrogen and oxygen atoms in total. The van der Waals surface area contributed by atoms with Crippen LogP contribution >= 0.6 is 15.9 Å². The third kappa shape index (κ3) is 5.74. The van der Waals surface area contributed by atoms with Gasteiger partial charge < -0.3 is 10.1 Å². The Hall–Kier alpha value is -1.36. The maximum absolute atomic E-state index is 11.8. The number of hydrogen-bond acceptors (Lipinski definition) is 3. The third-order valence-corrected chi connectivity index (χ3v) is 3.30. The van der Waals surface area contributed by atoms with E-state index in [1.165, 1.54) is 7.11 Å². The summed E-state index contributed by atoms with van der Waals surface area (Å²) in [7, 11) is 1.32. The zero-order valence-electron chi connectivity index (χ0n) is 12.0. The number of hydrogen-bond donors (Lipinski definition) is 1. The second kappa shape index (κ2) is 8.04. The van der Waals surface area contributed by atoms with Crippen LogP contribution in [0.4, 0.5) is 0 Å². The van der Waals surface area contributed by atoms with Gasteiger partial charge in [0.15, 0.2) is 0 Å². The molecule has 1 aromatic carbocycles. The van der Waals surface area contributed by atoms with Gasteiger partial charge in [-0.25, -0.2) is 4.79 Å². The summed E-state index contributed by atoms with van der Waals surface area (Å²) < 4.78 is 5.72. The van der Waals surface area contributed by atoms with Gasteiger partial charge in [0.1, 0.15) is 6.04 Å². The van der Waals surface area contributed by atoms with Crippen LogP contribution in [0.15, 0.2) is 28.7 Å². The van der Waals surface area contributed by atoms with Crippen LogP contribution in [0.3, 0.4) is 0 Å². The van der Waals surface area contributed by atoms with Crippen LogP contribution in [0.1, 0.15) is 25.8 Å². The zero-order valence-corrected chi connectivity index (χ0v) is 13.6. The second-order valence-electron chi connectivity index (χ2n) is 5.07. The van der Waals surface area contributed by atoms with E-state index in [1.807, 2.05) is 38.1 Å². The van der Waals surface area contributed by atoms with Crippen molar-refractivity contribution >= 4 is 27.8 Å². The number of carbonyl (C=O) groups is 2. The van der Waals surface area contributed by atoms with Gasteiger partial charge in [-0.15, -0.1) is 0 Å². The lowest BCUT2D eigenvalue weighted by atomic mass is 10.0. The topological polar surface area (TPSA) is 55.4 Å². The van der Waals surface area contributed by atoms with E-state index in [1.54, 1.807) is 0 Å². The van der Waals surface area contributed by atoms with E-state index in [0.717, 1.165) is 10.0 Å². The maximum atomic E-state index is 11.8. The summed E-state index contributed by atoms with van der Waals surface area (Å²) in [5, 5.41) is 2.74. The Morgan fingerprint density at radius 1 is 1.25 bits per heavy atom. The molecule has 1 amide bonds. The molecule has 0 spiro atoms. The smallest absolute Gasteiger partial charge is 0.328 e. The van der Waals surface area contributed by atoms with Gasteiger partial charge in [0.05, 0.1) is 7.11 Å². The second-order valence-corrected chi connectivity index (χ2v) is 5.99. The van der Waals surface area contributed by atoms with Crippen LogP contribution in [0.5, 0.6) is 0 Å². The minimum absolute atomic E-state index is 0.132. The highest BCUT2D eigenvalue weighted by molar-refractivity contribution is 9.10. The lowest BCUT2D eigenvalue weighted by Crippen LogP contribution is -2.43. The number of esters is 1. The van der Waals surface area contributed by atoms with Crippen molar-refractivity contribution in [3.05, 3.63) is 34.3 Å². The highest BCUT2D eigenvalue weighted by atomic mass is 79.9. The molecule has 0 aromatic heterocycles. The molecule has 1 atom stereocenters. The van der Waals surface area contributed by atoms with Crippen LogP contribution in [0.2, 0.25) is 0 Å². The molecular formula is C15H20BrNO3. The lowest BCUT2D eigenvalue weighted by molar-refractivity contribution is -0.145. The van der Waals surface area contributed by atoms with Gasteiger partial charge >= 0.3 is 5.97 Å². The van der Waals surface area contributed by atoms with E-state index in [4.69, 9.17) is 4.74 Å². The number of halogens is 1. The van der Waals surface area contributed by atoms with E-state index in [0.29, 0.717) is 12.8 Å². The number of carbonyl (C=O) groups excluding carboxylic acids is 2. The number of rotatable bonds is 6. The minimum atomic E-state index is -0.646.